The van der Waals surface area contributed by atoms with Crippen molar-refractivity contribution in [3.63, 3.8) is 0 Å². The molecule has 0 radical (unpaired) electrons. The van der Waals surface area contributed by atoms with Gasteiger partial charge in [0.25, 0.3) is 0 Å². The van der Waals surface area contributed by atoms with Crippen LogP contribution in [0, 0.1) is 0 Å². The minimum atomic E-state index is -0.451. The summed E-state index contributed by atoms with van der Waals surface area (Å²) >= 11 is 0. The number of rotatable bonds is 2. The second-order valence-corrected chi connectivity index (χ2v) is 22.8. The van der Waals surface area contributed by atoms with E-state index in [9.17, 15) is 0 Å². The Balaban J connectivity index is 3.36. The maximum Gasteiger partial charge on any atom is 0.0303 e. The van der Waals surface area contributed by atoms with Gasteiger partial charge in [0.15, 0.2) is 0 Å². The first-order chi connectivity index (χ1) is 3.12. The van der Waals surface area contributed by atoms with E-state index in [1.165, 1.54) is 6.04 Å². The zero-order chi connectivity index (χ0) is 5.91. The van der Waals surface area contributed by atoms with E-state index in [2.05, 4.69) is 20.0 Å². The van der Waals surface area contributed by atoms with Crippen molar-refractivity contribution >= 4 is 25.9 Å². The highest BCUT2D eigenvalue weighted by molar-refractivity contribution is 7.39. The van der Waals surface area contributed by atoms with Gasteiger partial charge >= 0.3 is 0 Å². The summed E-state index contributed by atoms with van der Waals surface area (Å²) in [6.45, 7) is 7.43. The summed E-state index contributed by atoms with van der Waals surface area (Å²) in [7, 11) is 1.63. The largest absolute Gasteiger partial charge is 0.0720 e. The molecule has 44 valence electrons. The summed E-state index contributed by atoms with van der Waals surface area (Å²) in [5, 5.41) is 0. The fourth-order valence-electron chi connectivity index (χ4n) is 0.250. The minimum Gasteiger partial charge on any atom is -0.0720 e. The molecule has 7 heavy (non-hydrogen) atoms. The molecule has 0 rings (SSSR count). The molecule has 0 atom stereocenters. The minimum absolute atomic E-state index is 0.451. The second kappa shape index (κ2) is 2.84. The van der Waals surface area contributed by atoms with E-state index in [1.807, 2.05) is 0 Å². The van der Waals surface area contributed by atoms with Crippen LogP contribution >= 0.6 is 0 Å². The summed E-state index contributed by atoms with van der Waals surface area (Å²) in [5.41, 5.74) is 0. The molecule has 0 N–H and O–H groups in total. The number of hydrogen-bond donors (Lipinski definition) is 0. The molecule has 0 saturated carbocycles. The maximum atomic E-state index is 2.53. The van der Waals surface area contributed by atoms with Crippen LogP contribution in [0.5, 0.6) is 0 Å². The zero-order valence-electron chi connectivity index (χ0n) is 5.91. The van der Waals surface area contributed by atoms with Crippen LogP contribution in [0.25, 0.3) is 0 Å². The normalized spacial score (nSPS) is 14.1. The van der Waals surface area contributed by atoms with E-state index < -0.39 is 7.59 Å². The van der Waals surface area contributed by atoms with Crippen LogP contribution < -0.4 is 0 Å². The monoisotopic (exact) mass is 148 g/mol. The quantitative estimate of drug-likeness (QED) is 0.470. The third-order valence-corrected chi connectivity index (χ3v) is 30.2. The topological polar surface area (TPSA) is 0 Å². The van der Waals surface area contributed by atoms with Crippen LogP contribution in [0.15, 0.2) is 0 Å². The van der Waals surface area contributed by atoms with Crippen LogP contribution in [0.2, 0.25) is 19.1 Å². The maximum absolute atomic E-state index is 2.53. The number of hydrogen-bond acceptors (Lipinski definition) is 0. The van der Waals surface area contributed by atoms with Crippen molar-refractivity contribution in [2.75, 3.05) is 0 Å². The average molecular weight is 148 g/mol. The highest BCUT2D eigenvalue weighted by atomic mass is 29.5. The zero-order valence-corrected chi connectivity index (χ0v) is 10.3. The smallest absolute Gasteiger partial charge is 0.0303 e. The molecule has 0 nitrogen and oxygen atoms in total. The molecule has 0 aliphatic carbocycles. The van der Waals surface area contributed by atoms with Crippen LogP contribution in [-0.4, -0.2) is 25.9 Å². The highest BCUT2D eigenvalue weighted by Crippen LogP contribution is 2.02. The standard InChI is InChI=1S/C4H16Si3/c1-4-7(2,3)6-5/h4,6H2,1-3,5H3. The first kappa shape index (κ1) is 7.65. The Labute approximate surface area is 52.5 Å². The lowest BCUT2D eigenvalue weighted by Crippen LogP contribution is -2.33. The lowest BCUT2D eigenvalue weighted by atomic mass is 11.0. The van der Waals surface area contributed by atoms with Gasteiger partial charge in [0.1, 0.15) is 0 Å². The molecule has 0 aliphatic rings. The molecule has 0 aromatic rings. The van der Waals surface area contributed by atoms with Crippen LogP contribution in [0.1, 0.15) is 6.92 Å². The van der Waals surface area contributed by atoms with E-state index in [0.717, 1.165) is 0 Å². The molecule has 0 unspecified atom stereocenters. The third-order valence-electron chi connectivity index (χ3n) is 1.91. The molecule has 0 aromatic heterocycles. The van der Waals surface area contributed by atoms with Crippen molar-refractivity contribution < 1.29 is 0 Å². The Bertz CT molecular complexity index is 44.9. The Hall–Kier alpha value is 0.651. The molecule has 0 aliphatic heterocycles. The average Bonchev–Trinajstić information content (AvgIpc) is 1.68. The van der Waals surface area contributed by atoms with Crippen molar-refractivity contribution in [2.45, 2.75) is 26.1 Å². The lowest BCUT2D eigenvalue weighted by molar-refractivity contribution is 1.40. The van der Waals surface area contributed by atoms with Crippen molar-refractivity contribution in [1.29, 1.82) is 0 Å². The first-order valence-corrected chi connectivity index (χ1v) is 14.3. The fraction of sp³-hybridized carbons (Fsp3) is 1.00. The Morgan fingerprint density at radius 2 is 2.00 bits per heavy atom. The van der Waals surface area contributed by atoms with Crippen LogP contribution in [0.4, 0.5) is 0 Å². The SMILES string of the molecule is CC[Si](C)(C)[SiH2][SiH3]. The Morgan fingerprint density at radius 1 is 1.57 bits per heavy atom. The molecule has 3 heteroatoms. The molecular formula is C4H16Si3. The van der Waals surface area contributed by atoms with E-state index in [4.69, 9.17) is 0 Å². The fourth-order valence-corrected chi connectivity index (χ4v) is 6.75. The highest BCUT2D eigenvalue weighted by Gasteiger charge is 2.13. The van der Waals surface area contributed by atoms with Gasteiger partial charge in [-0.2, -0.15) is 0 Å². The van der Waals surface area contributed by atoms with E-state index in [0.29, 0.717) is 8.55 Å². The summed E-state index contributed by atoms with van der Waals surface area (Å²) in [6, 6.07) is 1.53. The van der Waals surface area contributed by atoms with E-state index in [1.54, 1.807) is 9.76 Å². The summed E-state index contributed by atoms with van der Waals surface area (Å²) in [5.74, 6) is 0. The van der Waals surface area contributed by atoms with Crippen molar-refractivity contribution in [1.82, 2.24) is 0 Å². The molecule has 0 fully saturated rings. The van der Waals surface area contributed by atoms with Crippen LogP contribution in [0.3, 0.4) is 0 Å². The van der Waals surface area contributed by atoms with Gasteiger partial charge in [-0.05, 0) is 9.76 Å². The van der Waals surface area contributed by atoms with Gasteiger partial charge in [-0.15, -0.1) is 0 Å². The Morgan fingerprint density at radius 3 is 2.00 bits per heavy atom. The summed E-state index contributed by atoms with van der Waals surface area (Å²) in [6.07, 6.45) is 0. The van der Waals surface area contributed by atoms with E-state index >= 15 is 0 Å². The molecule has 0 aromatic carbocycles. The lowest BCUT2D eigenvalue weighted by Gasteiger charge is -2.15. The molecule has 0 spiro atoms. The summed E-state index contributed by atoms with van der Waals surface area (Å²) in [4.78, 5) is 0. The van der Waals surface area contributed by atoms with Gasteiger partial charge in [0, 0.05) is 16.1 Å². The van der Waals surface area contributed by atoms with Gasteiger partial charge in [-0.3, -0.25) is 0 Å². The van der Waals surface area contributed by atoms with Gasteiger partial charge in [0.2, 0.25) is 0 Å². The van der Waals surface area contributed by atoms with Crippen molar-refractivity contribution in [3.05, 3.63) is 0 Å². The Kier molecular flexibility index (Phi) is 3.10. The summed E-state index contributed by atoms with van der Waals surface area (Å²) < 4.78 is 0. The van der Waals surface area contributed by atoms with Gasteiger partial charge < -0.3 is 0 Å². The van der Waals surface area contributed by atoms with Gasteiger partial charge in [0.05, 0.1) is 0 Å². The second-order valence-electron chi connectivity index (χ2n) is 2.87. The molecule has 0 bridgehead atoms. The predicted molar refractivity (Wildman–Crippen MR) is 46.4 cm³/mol. The molecule has 0 amide bonds. The first-order valence-electron chi connectivity index (χ1n) is 3.12. The molecule has 0 saturated heterocycles. The van der Waals surface area contributed by atoms with Crippen molar-refractivity contribution in [2.24, 2.45) is 0 Å². The van der Waals surface area contributed by atoms with Gasteiger partial charge in [-0.1, -0.05) is 26.1 Å². The predicted octanol–water partition coefficient (Wildman–Crippen LogP) is -0.339. The van der Waals surface area contributed by atoms with Crippen molar-refractivity contribution in [3.8, 4) is 0 Å². The van der Waals surface area contributed by atoms with Gasteiger partial charge in [-0.25, -0.2) is 0 Å². The van der Waals surface area contributed by atoms with Crippen LogP contribution in [-0.2, 0) is 0 Å². The molecule has 0 heterocycles. The third kappa shape index (κ3) is 3.25. The molecular weight excluding hydrogens is 132 g/mol. The van der Waals surface area contributed by atoms with E-state index in [-0.39, 0.29) is 0 Å².